The summed E-state index contributed by atoms with van der Waals surface area (Å²) >= 11 is 0. The van der Waals surface area contributed by atoms with Gasteiger partial charge in [-0.15, -0.1) is 0 Å². The van der Waals surface area contributed by atoms with Gasteiger partial charge in [-0.3, -0.25) is 9.59 Å². The Hall–Kier alpha value is -3.09. The number of carbonyl (C=O) groups excluding carboxylic acids is 3. The average Bonchev–Trinajstić information content (AvgIpc) is 2.76. The lowest BCUT2D eigenvalue weighted by Gasteiger charge is -2.38. The van der Waals surface area contributed by atoms with Crippen LogP contribution in [0.15, 0.2) is 46.8 Å². The van der Waals surface area contributed by atoms with Gasteiger partial charge < -0.3 is 19.5 Å². The van der Waals surface area contributed by atoms with Crippen molar-refractivity contribution in [3.8, 4) is 5.75 Å². The molecule has 0 radical (unpaired) electrons. The Balaban J connectivity index is 2.14. The van der Waals surface area contributed by atoms with Crippen LogP contribution < -0.4 is 10.1 Å². The van der Waals surface area contributed by atoms with Gasteiger partial charge in [0.25, 0.3) is 0 Å². The molecule has 1 heterocycles. The zero-order chi connectivity index (χ0) is 22.7. The van der Waals surface area contributed by atoms with E-state index in [-0.39, 0.29) is 18.3 Å². The van der Waals surface area contributed by atoms with Crippen LogP contribution in [0, 0.1) is 11.8 Å². The summed E-state index contributed by atoms with van der Waals surface area (Å²) in [7, 11) is 2.86. The second-order valence-electron chi connectivity index (χ2n) is 7.94. The topological polar surface area (TPSA) is 90.9 Å². The first-order valence-corrected chi connectivity index (χ1v) is 10.5. The minimum absolute atomic E-state index is 0.218. The molecule has 1 aromatic rings. The van der Waals surface area contributed by atoms with Gasteiger partial charge in [0.15, 0.2) is 5.78 Å². The van der Waals surface area contributed by atoms with Gasteiger partial charge in [-0.05, 0) is 43.4 Å². The number of esters is 2. The van der Waals surface area contributed by atoms with Gasteiger partial charge in [0.05, 0.1) is 26.4 Å². The van der Waals surface area contributed by atoms with E-state index >= 15 is 0 Å². The molecular weight excluding hydrogens is 398 g/mol. The van der Waals surface area contributed by atoms with Gasteiger partial charge in [0.1, 0.15) is 11.7 Å². The highest BCUT2D eigenvalue weighted by Gasteiger charge is 2.47. The van der Waals surface area contributed by atoms with Crippen molar-refractivity contribution in [2.45, 2.75) is 39.5 Å². The zero-order valence-electron chi connectivity index (χ0n) is 18.6. The molecule has 166 valence electrons. The molecule has 0 spiro atoms. The monoisotopic (exact) mass is 427 g/mol. The van der Waals surface area contributed by atoms with Crippen molar-refractivity contribution in [1.82, 2.24) is 5.32 Å². The van der Waals surface area contributed by atoms with Crippen LogP contribution in [0.5, 0.6) is 5.75 Å². The second kappa shape index (κ2) is 9.37. The molecule has 0 saturated carbocycles. The number of Topliss-reactive ketones (excluding diaryl/α,β-unsaturated/α-hetero) is 1. The Morgan fingerprint density at radius 2 is 1.84 bits per heavy atom. The summed E-state index contributed by atoms with van der Waals surface area (Å²) in [5, 5.41) is 3.25. The predicted molar refractivity (Wildman–Crippen MR) is 114 cm³/mol. The number of rotatable bonds is 6. The zero-order valence-corrected chi connectivity index (χ0v) is 18.6. The minimum Gasteiger partial charge on any atom is -0.497 e. The Morgan fingerprint density at radius 1 is 1.16 bits per heavy atom. The summed E-state index contributed by atoms with van der Waals surface area (Å²) in [6.07, 6.45) is 1.19. The summed E-state index contributed by atoms with van der Waals surface area (Å²) in [4.78, 5) is 39.0. The summed E-state index contributed by atoms with van der Waals surface area (Å²) in [5.41, 5.74) is 2.95. The molecule has 0 fully saturated rings. The van der Waals surface area contributed by atoms with Crippen LogP contribution >= 0.6 is 0 Å². The molecular formula is C24H29NO6. The maximum Gasteiger partial charge on any atom is 0.336 e. The highest BCUT2D eigenvalue weighted by Crippen LogP contribution is 2.45. The van der Waals surface area contributed by atoms with Crippen molar-refractivity contribution >= 4 is 17.7 Å². The molecule has 2 aliphatic rings. The van der Waals surface area contributed by atoms with E-state index < -0.39 is 23.8 Å². The maximum atomic E-state index is 13.6. The fourth-order valence-corrected chi connectivity index (χ4v) is 4.35. The quantitative estimate of drug-likeness (QED) is 0.550. The molecule has 1 aliphatic carbocycles. The van der Waals surface area contributed by atoms with Gasteiger partial charge in [0, 0.05) is 22.9 Å². The first-order valence-electron chi connectivity index (χ1n) is 10.5. The summed E-state index contributed by atoms with van der Waals surface area (Å²) in [6.45, 7) is 5.87. The van der Waals surface area contributed by atoms with Gasteiger partial charge >= 0.3 is 11.9 Å². The first kappa shape index (κ1) is 22.6. The average molecular weight is 427 g/mol. The van der Waals surface area contributed by atoms with Crippen LogP contribution in [0.25, 0.3) is 0 Å². The van der Waals surface area contributed by atoms with E-state index in [0.29, 0.717) is 35.4 Å². The van der Waals surface area contributed by atoms with Crippen molar-refractivity contribution in [3.05, 3.63) is 52.4 Å². The standard InChI is InChI=1S/C24H29NO6/c1-6-11-31-24(28)19-14(3)25-17-12-13(2)18(23(27)30-5)22(26)21(17)20(19)15-7-9-16(29-4)10-8-15/h7-10,13,18,20,25H,6,11-12H2,1-5H3/t13-,18+,20+/m0/s1. The van der Waals surface area contributed by atoms with Gasteiger partial charge in [-0.2, -0.15) is 0 Å². The molecule has 31 heavy (non-hydrogen) atoms. The van der Waals surface area contributed by atoms with E-state index in [4.69, 9.17) is 14.2 Å². The van der Waals surface area contributed by atoms with Crippen molar-refractivity contribution in [2.75, 3.05) is 20.8 Å². The molecule has 0 unspecified atom stereocenters. The summed E-state index contributed by atoms with van der Waals surface area (Å²) < 4.78 is 15.6. The number of ketones is 1. The molecule has 1 N–H and O–H groups in total. The van der Waals surface area contributed by atoms with Crippen molar-refractivity contribution in [1.29, 1.82) is 0 Å². The molecule has 7 nitrogen and oxygen atoms in total. The molecule has 0 amide bonds. The van der Waals surface area contributed by atoms with E-state index in [1.807, 2.05) is 32.9 Å². The number of benzene rings is 1. The highest BCUT2D eigenvalue weighted by molar-refractivity contribution is 6.12. The minimum atomic E-state index is -0.905. The van der Waals surface area contributed by atoms with Crippen LogP contribution in [0.4, 0.5) is 0 Å². The fraction of sp³-hybridized carbons (Fsp3) is 0.458. The third-order valence-corrected chi connectivity index (χ3v) is 5.85. The van der Waals surface area contributed by atoms with Crippen LogP contribution in [-0.4, -0.2) is 38.5 Å². The summed E-state index contributed by atoms with van der Waals surface area (Å²) in [5.74, 6) is -2.44. The largest absolute Gasteiger partial charge is 0.497 e. The highest BCUT2D eigenvalue weighted by atomic mass is 16.5. The second-order valence-corrected chi connectivity index (χ2v) is 7.94. The van der Waals surface area contributed by atoms with Gasteiger partial charge in [0.2, 0.25) is 0 Å². The van der Waals surface area contributed by atoms with Crippen LogP contribution in [0.3, 0.4) is 0 Å². The molecule has 1 aromatic carbocycles. The first-order chi connectivity index (χ1) is 14.8. The molecule has 3 atom stereocenters. The third-order valence-electron chi connectivity index (χ3n) is 5.85. The number of dihydropyridines is 1. The lowest BCUT2D eigenvalue weighted by molar-refractivity contribution is -0.151. The predicted octanol–water partition coefficient (Wildman–Crippen LogP) is 3.26. The van der Waals surface area contributed by atoms with Crippen molar-refractivity contribution < 1.29 is 28.6 Å². The van der Waals surface area contributed by atoms with Crippen LogP contribution in [0.2, 0.25) is 0 Å². The lowest BCUT2D eigenvalue weighted by atomic mass is 9.69. The maximum absolute atomic E-state index is 13.6. The van der Waals surface area contributed by atoms with Gasteiger partial charge in [-0.25, -0.2) is 4.79 Å². The summed E-state index contributed by atoms with van der Waals surface area (Å²) in [6, 6.07) is 7.24. The van der Waals surface area contributed by atoms with E-state index in [1.165, 1.54) is 7.11 Å². The van der Waals surface area contributed by atoms with E-state index in [9.17, 15) is 14.4 Å². The van der Waals surface area contributed by atoms with E-state index in [0.717, 1.165) is 11.3 Å². The van der Waals surface area contributed by atoms with Crippen LogP contribution in [0.1, 0.15) is 45.1 Å². The van der Waals surface area contributed by atoms with Crippen molar-refractivity contribution in [3.63, 3.8) is 0 Å². The third kappa shape index (κ3) is 4.22. The number of ether oxygens (including phenoxy) is 3. The molecule has 7 heteroatoms. The molecule has 0 saturated heterocycles. The van der Waals surface area contributed by atoms with Crippen molar-refractivity contribution in [2.24, 2.45) is 11.8 Å². The van der Waals surface area contributed by atoms with Crippen LogP contribution in [-0.2, 0) is 23.9 Å². The molecule has 0 bridgehead atoms. The Morgan fingerprint density at radius 3 is 2.42 bits per heavy atom. The normalized spacial score (nSPS) is 23.1. The fourth-order valence-electron chi connectivity index (χ4n) is 4.35. The number of hydrogen-bond acceptors (Lipinski definition) is 7. The smallest absolute Gasteiger partial charge is 0.336 e. The number of allylic oxidation sites excluding steroid dienone is 3. The van der Waals surface area contributed by atoms with E-state index in [1.54, 1.807) is 19.2 Å². The number of methoxy groups -OCH3 is 2. The number of hydrogen-bond donors (Lipinski definition) is 1. The number of nitrogens with one attached hydrogen (secondary N) is 1. The lowest BCUT2D eigenvalue weighted by Crippen LogP contribution is -2.43. The van der Waals surface area contributed by atoms with E-state index in [2.05, 4.69) is 5.32 Å². The molecule has 1 aliphatic heterocycles. The molecule has 0 aromatic heterocycles. The Kier molecular flexibility index (Phi) is 6.83. The SMILES string of the molecule is CCCOC(=O)C1=C(C)NC2=C(C(=O)[C@H](C(=O)OC)[C@@H](C)C2)[C@@H]1c1ccc(OC)cc1. The molecule has 3 rings (SSSR count). The number of carbonyl (C=O) groups is 3. The Labute approximate surface area is 182 Å². The van der Waals surface area contributed by atoms with Gasteiger partial charge in [-0.1, -0.05) is 26.0 Å². The Bertz CT molecular complexity index is 943.